The lowest BCUT2D eigenvalue weighted by Gasteiger charge is -2.33. The summed E-state index contributed by atoms with van der Waals surface area (Å²) in [7, 11) is 0. The highest BCUT2D eigenvalue weighted by molar-refractivity contribution is 7.22. The Morgan fingerprint density at radius 2 is 1.46 bits per heavy atom. The predicted molar refractivity (Wildman–Crippen MR) is 289 cm³/mol. The Morgan fingerprint density at radius 1 is 0.757 bits per heavy atom. The van der Waals surface area contributed by atoms with E-state index < -0.39 is 0 Å². The number of rotatable bonds is 15. The number of anilines is 1. The molecule has 0 bridgehead atoms. The molecule has 4 aromatic carbocycles. The van der Waals surface area contributed by atoms with Gasteiger partial charge in [-0.05, 0) is 174 Å². The second kappa shape index (κ2) is 21.3. The molecule has 12 rings (SSSR count). The summed E-state index contributed by atoms with van der Waals surface area (Å²) in [6.45, 7) is 10.3. The number of hydrogen-bond acceptors (Lipinski definition) is 14. The Morgan fingerprint density at radius 3 is 2.16 bits per heavy atom. The summed E-state index contributed by atoms with van der Waals surface area (Å²) in [5.41, 5.74) is 7.72. The maximum atomic E-state index is 14.7. The van der Waals surface area contributed by atoms with E-state index in [0.717, 1.165) is 154 Å². The summed E-state index contributed by atoms with van der Waals surface area (Å²) in [4.78, 5) is 29.1. The SMILES string of the molecule is Cc1sc2c(c1C)C(c1ccc(OCCC3CCN(c4ccc(C(=O)c5c(-c6ccc(OC7CCCCO7)cc6)sc6cc(OC7CCCCO7)ccc56)cc4)CC3)cc1)=N[C@@H](Cc1ncco1)c1nnc(C)n1-2. The van der Waals surface area contributed by atoms with E-state index in [0.29, 0.717) is 42.6 Å². The number of oxazole rings is 1. The van der Waals surface area contributed by atoms with Crippen molar-refractivity contribution in [1.82, 2.24) is 19.7 Å². The van der Waals surface area contributed by atoms with Crippen LogP contribution in [0.3, 0.4) is 0 Å². The van der Waals surface area contributed by atoms with E-state index >= 15 is 0 Å². The Hall–Kier alpha value is -6.65. The van der Waals surface area contributed by atoms with E-state index in [-0.39, 0.29) is 24.4 Å². The molecule has 0 spiro atoms. The molecule has 3 fully saturated rings. The van der Waals surface area contributed by atoms with Gasteiger partial charge in [0.1, 0.15) is 40.4 Å². The first-order valence-corrected chi connectivity index (χ1v) is 27.8. The molecule has 13 nitrogen and oxygen atoms in total. The Bertz CT molecular complexity index is 3270. The molecule has 3 atom stereocenters. The molecule has 4 aromatic heterocycles. The number of ether oxygens (including phenoxy) is 5. The zero-order chi connectivity index (χ0) is 50.1. The first-order valence-electron chi connectivity index (χ1n) is 26.1. The van der Waals surface area contributed by atoms with Crippen molar-refractivity contribution in [1.29, 1.82) is 0 Å². The molecule has 0 aliphatic carbocycles. The van der Waals surface area contributed by atoms with Crippen molar-refractivity contribution in [2.24, 2.45) is 10.9 Å². The standard InChI is InChI=1S/C59H60N6O7S2/c1-36-37(2)73-59-53(36)55(61-48(35-50-60-27-33-68-50)58-63-62-38(3)65(58)59)40-12-18-44(19-13-40)67-32-26-39-24-28-64(29-25-39)43-16-10-41(11-17-43)56(66)54-47-23-22-46(72-52-9-5-7-31-70-52)34-49(47)74-57(54)42-14-20-45(21-15-42)71-51-8-4-6-30-69-51/h10-23,27,33-34,39,48,51-52H,4-9,24-26,28-32,35H2,1-3H3/t48-,51?,52?/m0/s1. The van der Waals surface area contributed by atoms with Crippen molar-refractivity contribution in [2.45, 2.75) is 104 Å². The van der Waals surface area contributed by atoms with E-state index in [1.54, 1.807) is 35.1 Å². The van der Waals surface area contributed by atoms with Crippen LogP contribution in [0.1, 0.15) is 119 Å². The van der Waals surface area contributed by atoms with Crippen LogP contribution in [0.4, 0.5) is 5.69 Å². The van der Waals surface area contributed by atoms with Crippen molar-refractivity contribution < 1.29 is 32.9 Å². The summed E-state index contributed by atoms with van der Waals surface area (Å²) < 4.78 is 39.3. The van der Waals surface area contributed by atoms with Crippen LogP contribution in [-0.4, -0.2) is 76.7 Å². The monoisotopic (exact) mass is 1030 g/mol. The van der Waals surface area contributed by atoms with E-state index in [9.17, 15) is 4.79 Å². The van der Waals surface area contributed by atoms with Gasteiger partial charge in [-0.15, -0.1) is 32.9 Å². The Kier molecular flexibility index (Phi) is 13.9. The van der Waals surface area contributed by atoms with Gasteiger partial charge < -0.3 is 33.0 Å². The molecule has 2 unspecified atom stereocenters. The van der Waals surface area contributed by atoms with Crippen LogP contribution < -0.4 is 19.1 Å². The molecule has 0 radical (unpaired) electrons. The maximum Gasteiger partial charge on any atom is 0.199 e. The molecule has 4 aliphatic rings. The lowest BCUT2D eigenvalue weighted by molar-refractivity contribution is -0.106. The van der Waals surface area contributed by atoms with Gasteiger partial charge in [-0.25, -0.2) is 4.98 Å². The number of aromatic nitrogens is 4. The summed E-state index contributed by atoms with van der Waals surface area (Å²) in [6, 6.07) is 30.3. The third kappa shape index (κ3) is 10.0. The average molecular weight is 1030 g/mol. The van der Waals surface area contributed by atoms with Gasteiger partial charge >= 0.3 is 0 Å². The van der Waals surface area contributed by atoms with E-state index in [2.05, 4.69) is 81.0 Å². The molecule has 15 heteroatoms. The smallest absolute Gasteiger partial charge is 0.199 e. The van der Waals surface area contributed by atoms with Crippen LogP contribution in [0.15, 0.2) is 113 Å². The number of aryl methyl sites for hydroxylation is 2. The molecule has 0 saturated carbocycles. The molecule has 4 aliphatic heterocycles. The van der Waals surface area contributed by atoms with Gasteiger partial charge in [0.15, 0.2) is 30.1 Å². The minimum absolute atomic E-state index is 0.0000647. The number of thiophene rings is 2. The first-order chi connectivity index (χ1) is 36.3. The van der Waals surface area contributed by atoms with Gasteiger partial charge in [0.05, 0.1) is 38.1 Å². The van der Waals surface area contributed by atoms with Crippen LogP contribution in [0.5, 0.6) is 17.2 Å². The largest absolute Gasteiger partial charge is 0.494 e. The van der Waals surface area contributed by atoms with Crippen molar-refractivity contribution in [2.75, 3.05) is 37.8 Å². The summed E-state index contributed by atoms with van der Waals surface area (Å²) in [5, 5.41) is 11.1. The second-order valence-electron chi connectivity index (χ2n) is 19.8. The van der Waals surface area contributed by atoms with E-state index in [1.165, 1.54) is 10.4 Å². The van der Waals surface area contributed by atoms with Crippen LogP contribution in [-0.2, 0) is 15.9 Å². The number of aliphatic imine (C=N–C) groups is 1. The lowest BCUT2D eigenvalue weighted by atomic mass is 9.93. The fraction of sp³-hybridized carbons (Fsp3) is 0.373. The average Bonchev–Trinajstić information content (AvgIpc) is 4.23. The molecular formula is C59H60N6O7S2. The van der Waals surface area contributed by atoms with Crippen molar-refractivity contribution >= 4 is 49.9 Å². The maximum absolute atomic E-state index is 14.7. The minimum atomic E-state index is -0.322. The highest BCUT2D eigenvalue weighted by Gasteiger charge is 2.33. The number of nitrogens with zero attached hydrogens (tertiary/aromatic N) is 6. The van der Waals surface area contributed by atoms with Gasteiger partial charge in [-0.3, -0.25) is 14.4 Å². The summed E-state index contributed by atoms with van der Waals surface area (Å²) in [5.74, 6) is 5.14. The van der Waals surface area contributed by atoms with Crippen LogP contribution >= 0.6 is 22.7 Å². The van der Waals surface area contributed by atoms with Gasteiger partial charge in [-0.1, -0.05) is 0 Å². The van der Waals surface area contributed by atoms with Gasteiger partial charge in [0.25, 0.3) is 0 Å². The minimum Gasteiger partial charge on any atom is -0.494 e. The predicted octanol–water partition coefficient (Wildman–Crippen LogP) is 13.0. The third-order valence-electron chi connectivity index (χ3n) is 14.9. The summed E-state index contributed by atoms with van der Waals surface area (Å²) in [6.07, 6.45) is 12.5. The van der Waals surface area contributed by atoms with Gasteiger partial charge in [0.2, 0.25) is 0 Å². The summed E-state index contributed by atoms with van der Waals surface area (Å²) >= 11 is 3.36. The lowest BCUT2D eigenvalue weighted by Crippen LogP contribution is -2.34. The zero-order valence-electron chi connectivity index (χ0n) is 42.1. The van der Waals surface area contributed by atoms with Crippen molar-refractivity contribution in [3.05, 3.63) is 154 Å². The number of carbonyl (C=O) groups excluding carboxylic acids is 1. The molecule has 0 amide bonds. The first kappa shape index (κ1) is 48.3. The normalized spacial score (nSPS) is 19.1. The molecule has 380 valence electrons. The molecule has 74 heavy (non-hydrogen) atoms. The molecule has 8 heterocycles. The zero-order valence-corrected chi connectivity index (χ0v) is 43.7. The number of ketones is 1. The molecular weight excluding hydrogens is 969 g/mol. The van der Waals surface area contributed by atoms with Crippen LogP contribution in [0.2, 0.25) is 0 Å². The Labute approximate surface area is 439 Å². The fourth-order valence-electron chi connectivity index (χ4n) is 10.7. The van der Waals surface area contributed by atoms with Crippen molar-refractivity contribution in [3.63, 3.8) is 0 Å². The van der Waals surface area contributed by atoms with Crippen LogP contribution in [0.25, 0.3) is 25.5 Å². The van der Waals surface area contributed by atoms with E-state index in [4.69, 9.17) is 33.1 Å². The molecule has 3 saturated heterocycles. The van der Waals surface area contributed by atoms with E-state index in [1.807, 2.05) is 55.5 Å². The molecule has 0 N–H and O–H groups in total. The van der Waals surface area contributed by atoms with Crippen LogP contribution in [0, 0.1) is 26.7 Å². The van der Waals surface area contributed by atoms with Gasteiger partial charge in [0, 0.05) is 73.7 Å². The number of benzene rings is 4. The number of carbonyl (C=O) groups is 1. The fourth-order valence-corrected chi connectivity index (χ4v) is 13.2. The second-order valence-corrected chi connectivity index (χ2v) is 22.1. The van der Waals surface area contributed by atoms with Gasteiger partial charge in [-0.2, -0.15) is 0 Å². The third-order valence-corrected chi connectivity index (χ3v) is 17.3. The number of piperidine rings is 1. The highest BCUT2D eigenvalue weighted by atomic mass is 32.1. The number of fused-ring (bicyclic) bond motifs is 4. The quantitative estimate of drug-likeness (QED) is 0.0908. The number of hydrogen-bond donors (Lipinski definition) is 0. The topological polar surface area (TPSA) is 136 Å². The Balaban J connectivity index is 0.690. The van der Waals surface area contributed by atoms with Crippen molar-refractivity contribution in [3.8, 4) is 32.7 Å². The highest BCUT2D eigenvalue weighted by Crippen LogP contribution is 2.43. The molecule has 8 aromatic rings.